The highest BCUT2D eigenvalue weighted by Gasteiger charge is 2.29. The minimum Gasteiger partial charge on any atom is -0.465 e. The number of methoxy groups -OCH3 is 1. The third-order valence-electron chi connectivity index (χ3n) is 7.43. The molecule has 0 radical (unpaired) electrons. The van der Waals surface area contributed by atoms with Crippen LogP contribution in [0, 0.1) is 0 Å². The first-order valence-electron chi connectivity index (χ1n) is 13.2. The van der Waals surface area contributed by atoms with Crippen molar-refractivity contribution in [2.75, 3.05) is 45.2 Å². The molecule has 194 valence electrons. The fourth-order valence-corrected chi connectivity index (χ4v) is 6.88. The summed E-state index contributed by atoms with van der Waals surface area (Å²) in [6, 6.07) is 21.5. The van der Waals surface area contributed by atoms with Crippen LogP contribution in [0.15, 0.2) is 60.7 Å². The van der Waals surface area contributed by atoms with Crippen molar-refractivity contribution in [3.05, 3.63) is 87.8 Å². The maximum Gasteiger partial charge on any atom is 0.341 e. The number of esters is 1. The quantitative estimate of drug-likeness (QED) is 0.347. The molecule has 1 aromatic heterocycles. The van der Waals surface area contributed by atoms with Gasteiger partial charge in [-0.1, -0.05) is 67.1 Å². The standard InChI is InChI=1S/C30H35N3O3S/c1-36-30(35)27-24-15-9-4-10-16-25(24)37-29(27)31-26(34)21-32-17-19-33(20-18-32)28(22-11-5-2-6-12-22)23-13-7-3-8-14-23/h2-3,5-8,11-14,28H,4,9-10,15-21H2,1H3,(H,31,34). The molecule has 0 saturated carbocycles. The van der Waals surface area contributed by atoms with Crippen molar-refractivity contribution >= 4 is 28.2 Å². The highest BCUT2D eigenvalue weighted by Crippen LogP contribution is 2.38. The number of thiophene rings is 1. The Balaban J connectivity index is 1.24. The summed E-state index contributed by atoms with van der Waals surface area (Å²) in [4.78, 5) is 31.6. The molecular formula is C30H35N3O3S. The van der Waals surface area contributed by atoms with Crippen molar-refractivity contribution in [2.24, 2.45) is 0 Å². The van der Waals surface area contributed by atoms with Gasteiger partial charge in [0.25, 0.3) is 0 Å². The molecule has 5 rings (SSSR count). The zero-order valence-corrected chi connectivity index (χ0v) is 22.3. The average Bonchev–Trinajstić information content (AvgIpc) is 3.10. The molecule has 1 saturated heterocycles. The van der Waals surface area contributed by atoms with E-state index in [-0.39, 0.29) is 17.9 Å². The molecule has 7 heteroatoms. The predicted octanol–water partition coefficient (Wildman–Crippen LogP) is 5.15. The third-order valence-corrected chi connectivity index (χ3v) is 8.64. The van der Waals surface area contributed by atoms with Crippen LogP contribution in [0.25, 0.3) is 0 Å². The summed E-state index contributed by atoms with van der Waals surface area (Å²) in [5.41, 5.74) is 4.21. The van der Waals surface area contributed by atoms with Gasteiger partial charge in [-0.25, -0.2) is 4.79 Å². The number of anilines is 1. The van der Waals surface area contributed by atoms with Crippen molar-refractivity contribution in [1.82, 2.24) is 9.80 Å². The number of amides is 1. The maximum absolute atomic E-state index is 13.1. The number of nitrogens with one attached hydrogen (secondary N) is 1. The number of nitrogens with zero attached hydrogens (tertiary/aromatic N) is 2. The Morgan fingerprint density at radius 2 is 1.51 bits per heavy atom. The lowest BCUT2D eigenvalue weighted by atomic mass is 9.96. The summed E-state index contributed by atoms with van der Waals surface area (Å²) in [5, 5.41) is 3.71. The SMILES string of the molecule is COC(=O)c1c(NC(=O)CN2CCN(C(c3ccccc3)c3ccccc3)CC2)sc2c1CCCCC2. The second-order valence-electron chi connectivity index (χ2n) is 9.84. The van der Waals surface area contributed by atoms with Gasteiger partial charge < -0.3 is 10.1 Å². The number of piperazine rings is 1. The first-order valence-corrected chi connectivity index (χ1v) is 14.0. The number of benzene rings is 2. The summed E-state index contributed by atoms with van der Waals surface area (Å²) in [6.45, 7) is 3.70. The molecular weight excluding hydrogens is 482 g/mol. The number of carbonyl (C=O) groups is 2. The van der Waals surface area contributed by atoms with Gasteiger partial charge in [0.15, 0.2) is 0 Å². The van der Waals surface area contributed by atoms with E-state index in [1.165, 1.54) is 29.5 Å². The van der Waals surface area contributed by atoms with E-state index in [4.69, 9.17) is 4.74 Å². The van der Waals surface area contributed by atoms with E-state index >= 15 is 0 Å². The van der Waals surface area contributed by atoms with Crippen LogP contribution in [-0.2, 0) is 22.4 Å². The molecule has 1 fully saturated rings. The lowest BCUT2D eigenvalue weighted by molar-refractivity contribution is -0.117. The summed E-state index contributed by atoms with van der Waals surface area (Å²) in [6.07, 6.45) is 5.20. The van der Waals surface area contributed by atoms with Crippen molar-refractivity contribution in [2.45, 2.75) is 38.1 Å². The first-order chi connectivity index (χ1) is 18.1. The van der Waals surface area contributed by atoms with Crippen molar-refractivity contribution in [3.63, 3.8) is 0 Å². The smallest absolute Gasteiger partial charge is 0.341 e. The van der Waals surface area contributed by atoms with Gasteiger partial charge in [-0.15, -0.1) is 11.3 Å². The Kier molecular flexibility index (Phi) is 8.34. The van der Waals surface area contributed by atoms with E-state index in [9.17, 15) is 9.59 Å². The fraction of sp³-hybridized carbons (Fsp3) is 0.400. The summed E-state index contributed by atoms with van der Waals surface area (Å²) >= 11 is 1.55. The Bertz CT molecular complexity index is 1160. The van der Waals surface area contributed by atoms with Crippen molar-refractivity contribution in [3.8, 4) is 0 Å². The summed E-state index contributed by atoms with van der Waals surface area (Å²) in [7, 11) is 1.41. The largest absolute Gasteiger partial charge is 0.465 e. The molecule has 0 atom stereocenters. The van der Waals surface area contributed by atoms with E-state index in [0.717, 1.165) is 57.4 Å². The van der Waals surface area contributed by atoms with Crippen LogP contribution in [0.4, 0.5) is 5.00 Å². The van der Waals surface area contributed by atoms with Gasteiger partial charge in [0.05, 0.1) is 25.3 Å². The molecule has 2 heterocycles. The van der Waals surface area contributed by atoms with Gasteiger partial charge in [-0.2, -0.15) is 0 Å². The molecule has 3 aromatic rings. The fourth-order valence-electron chi connectivity index (χ4n) is 5.58. The Morgan fingerprint density at radius 1 is 0.892 bits per heavy atom. The predicted molar refractivity (Wildman–Crippen MR) is 148 cm³/mol. The molecule has 0 bridgehead atoms. The van der Waals surface area contributed by atoms with Gasteiger partial charge in [0, 0.05) is 31.1 Å². The van der Waals surface area contributed by atoms with Crippen molar-refractivity contribution in [1.29, 1.82) is 0 Å². The molecule has 6 nitrogen and oxygen atoms in total. The number of hydrogen-bond donors (Lipinski definition) is 1. The number of ether oxygens (including phenoxy) is 1. The van der Waals surface area contributed by atoms with Crippen LogP contribution < -0.4 is 5.32 Å². The topological polar surface area (TPSA) is 61.9 Å². The zero-order valence-electron chi connectivity index (χ0n) is 21.4. The van der Waals surface area contributed by atoms with Crippen LogP contribution in [0.1, 0.15) is 57.2 Å². The van der Waals surface area contributed by atoms with E-state index in [1.807, 2.05) is 0 Å². The normalized spacial score (nSPS) is 16.7. The van der Waals surface area contributed by atoms with E-state index in [2.05, 4.69) is 75.8 Å². The molecule has 0 spiro atoms. The Morgan fingerprint density at radius 3 is 2.14 bits per heavy atom. The minimum atomic E-state index is -0.351. The van der Waals surface area contributed by atoms with Gasteiger partial charge in [0.2, 0.25) is 5.91 Å². The van der Waals surface area contributed by atoms with Gasteiger partial charge in [-0.3, -0.25) is 14.6 Å². The van der Waals surface area contributed by atoms with Gasteiger partial charge >= 0.3 is 5.97 Å². The van der Waals surface area contributed by atoms with Gasteiger partial charge in [-0.05, 0) is 42.4 Å². The molecule has 1 amide bonds. The minimum absolute atomic E-state index is 0.0716. The first kappa shape index (κ1) is 25.6. The van der Waals surface area contributed by atoms with Crippen LogP contribution in [0.3, 0.4) is 0 Å². The molecule has 37 heavy (non-hydrogen) atoms. The maximum atomic E-state index is 13.1. The lowest BCUT2D eigenvalue weighted by Crippen LogP contribution is -2.49. The number of rotatable bonds is 7. The zero-order chi connectivity index (χ0) is 25.6. The van der Waals surface area contributed by atoms with Crippen LogP contribution in [0.2, 0.25) is 0 Å². The molecule has 1 N–H and O–H groups in total. The number of aryl methyl sites for hydroxylation is 1. The van der Waals surface area contributed by atoms with Crippen LogP contribution in [-0.4, -0.2) is 61.5 Å². The van der Waals surface area contributed by atoms with Gasteiger partial charge in [0.1, 0.15) is 5.00 Å². The third kappa shape index (κ3) is 5.95. The summed E-state index contributed by atoms with van der Waals surface area (Å²) in [5.74, 6) is -0.422. The van der Waals surface area contributed by atoms with Crippen molar-refractivity contribution < 1.29 is 14.3 Å². The lowest BCUT2D eigenvalue weighted by Gasteiger charge is -2.39. The van der Waals surface area contributed by atoms with E-state index < -0.39 is 0 Å². The number of carbonyl (C=O) groups excluding carboxylic acids is 2. The van der Waals surface area contributed by atoms with E-state index in [0.29, 0.717) is 17.1 Å². The summed E-state index contributed by atoms with van der Waals surface area (Å²) < 4.78 is 5.08. The Labute approximate surface area is 223 Å². The van der Waals surface area contributed by atoms with Crippen LogP contribution in [0.5, 0.6) is 0 Å². The molecule has 0 unspecified atom stereocenters. The highest BCUT2D eigenvalue weighted by atomic mass is 32.1. The highest BCUT2D eigenvalue weighted by molar-refractivity contribution is 7.17. The molecule has 1 aliphatic carbocycles. The number of fused-ring (bicyclic) bond motifs is 1. The molecule has 1 aliphatic heterocycles. The van der Waals surface area contributed by atoms with Crippen LogP contribution >= 0.6 is 11.3 Å². The molecule has 2 aromatic carbocycles. The monoisotopic (exact) mass is 517 g/mol. The second-order valence-corrected chi connectivity index (χ2v) is 10.9. The van der Waals surface area contributed by atoms with E-state index in [1.54, 1.807) is 11.3 Å². The Hall–Kier alpha value is -3.00. The second kappa shape index (κ2) is 12.0. The molecule has 2 aliphatic rings. The average molecular weight is 518 g/mol. The number of hydrogen-bond acceptors (Lipinski definition) is 6.